The molecule has 23 heavy (non-hydrogen) atoms. The Morgan fingerprint density at radius 1 is 1.30 bits per heavy atom. The summed E-state index contributed by atoms with van der Waals surface area (Å²) in [6.45, 7) is 1.13. The first kappa shape index (κ1) is 17.4. The lowest BCUT2D eigenvalue weighted by atomic mass is 10.1. The highest BCUT2D eigenvalue weighted by Gasteiger charge is 2.30. The van der Waals surface area contributed by atoms with Crippen molar-refractivity contribution in [1.82, 2.24) is 19.7 Å². The van der Waals surface area contributed by atoms with Gasteiger partial charge in [-0.25, -0.2) is 9.67 Å². The molecule has 0 atom stereocenters. The summed E-state index contributed by atoms with van der Waals surface area (Å²) in [6, 6.07) is 5.45. The van der Waals surface area contributed by atoms with Crippen LogP contribution in [0, 0.1) is 6.92 Å². The third-order valence-corrected chi connectivity index (χ3v) is 3.37. The maximum absolute atomic E-state index is 12.6. The van der Waals surface area contributed by atoms with E-state index in [1.54, 1.807) is 17.1 Å². The van der Waals surface area contributed by atoms with Gasteiger partial charge in [-0.1, -0.05) is 12.1 Å². The molecule has 1 aromatic heterocycles. The van der Waals surface area contributed by atoms with Gasteiger partial charge in [0.25, 0.3) is 0 Å². The third kappa shape index (κ3) is 5.33. The van der Waals surface area contributed by atoms with Crippen LogP contribution in [-0.4, -0.2) is 50.6 Å². The quantitative estimate of drug-likeness (QED) is 0.847. The van der Waals surface area contributed by atoms with Gasteiger partial charge >= 0.3 is 6.18 Å². The molecule has 126 valence electrons. The average Bonchev–Trinajstić information content (AvgIpc) is 2.97. The highest BCUT2D eigenvalue weighted by molar-refractivity contribution is 5.41. The lowest BCUT2D eigenvalue weighted by molar-refractivity contribution is -0.147. The molecule has 0 saturated carbocycles. The van der Waals surface area contributed by atoms with Crippen molar-refractivity contribution >= 4 is 0 Å². The average molecular weight is 328 g/mol. The molecular formula is C15H19F3N4O. The Labute approximate surface area is 132 Å². The zero-order valence-corrected chi connectivity index (χ0v) is 12.8. The largest absolute Gasteiger partial charge is 0.401 e. The number of alkyl halides is 3. The highest BCUT2D eigenvalue weighted by Crippen LogP contribution is 2.20. The predicted molar refractivity (Wildman–Crippen MR) is 79.1 cm³/mol. The molecule has 0 amide bonds. The van der Waals surface area contributed by atoms with Crippen LogP contribution in [0.5, 0.6) is 0 Å². The van der Waals surface area contributed by atoms with Crippen molar-refractivity contribution in [3.63, 3.8) is 0 Å². The lowest BCUT2D eigenvalue weighted by Gasteiger charge is -2.23. The zero-order valence-electron chi connectivity index (χ0n) is 12.8. The van der Waals surface area contributed by atoms with Crippen LogP contribution in [0.3, 0.4) is 0 Å². The van der Waals surface area contributed by atoms with Crippen molar-refractivity contribution in [3.05, 3.63) is 42.0 Å². The molecule has 2 rings (SSSR count). The Bertz CT molecular complexity index is 614. The predicted octanol–water partition coefficient (Wildman–Crippen LogP) is 2.32. The van der Waals surface area contributed by atoms with Gasteiger partial charge in [0.15, 0.2) is 0 Å². The van der Waals surface area contributed by atoms with E-state index in [0.717, 1.165) is 16.8 Å². The number of halogens is 3. The molecule has 1 aromatic carbocycles. The smallest absolute Gasteiger partial charge is 0.396 e. The highest BCUT2D eigenvalue weighted by atomic mass is 19.4. The number of rotatable bonds is 7. The second-order valence-electron chi connectivity index (χ2n) is 5.36. The Hall–Kier alpha value is -1.93. The molecule has 2 aromatic rings. The summed E-state index contributed by atoms with van der Waals surface area (Å²) in [5.41, 5.74) is 2.53. The molecule has 0 radical (unpaired) electrons. The van der Waals surface area contributed by atoms with Crippen LogP contribution in [0.25, 0.3) is 5.69 Å². The number of aryl methyl sites for hydroxylation is 1. The second kappa shape index (κ2) is 7.56. The van der Waals surface area contributed by atoms with E-state index in [2.05, 4.69) is 10.1 Å². The monoisotopic (exact) mass is 328 g/mol. The third-order valence-electron chi connectivity index (χ3n) is 3.37. The molecule has 1 N–H and O–H groups in total. The summed E-state index contributed by atoms with van der Waals surface area (Å²) in [4.78, 5) is 5.17. The summed E-state index contributed by atoms with van der Waals surface area (Å²) < 4.78 is 39.5. The van der Waals surface area contributed by atoms with Crippen LogP contribution < -0.4 is 0 Å². The van der Waals surface area contributed by atoms with Gasteiger partial charge in [0.2, 0.25) is 0 Å². The van der Waals surface area contributed by atoms with E-state index in [1.807, 2.05) is 19.1 Å². The SMILES string of the molecule is Cc1cc(CN(CCCO)CC(F)(F)F)ccc1-n1cncn1. The molecular weight excluding hydrogens is 309 g/mol. The number of benzene rings is 1. The fourth-order valence-electron chi connectivity index (χ4n) is 2.43. The topological polar surface area (TPSA) is 54.2 Å². The standard InChI is InChI=1S/C15H19F3N4O/c1-12-7-13(3-4-14(12)22-11-19-10-20-22)8-21(5-2-6-23)9-15(16,17)18/h3-4,7,10-11,23H,2,5-6,8-9H2,1H3. The van der Waals surface area contributed by atoms with Gasteiger partial charge in [0, 0.05) is 19.7 Å². The fraction of sp³-hybridized carbons (Fsp3) is 0.467. The van der Waals surface area contributed by atoms with E-state index in [-0.39, 0.29) is 19.7 Å². The van der Waals surface area contributed by atoms with Gasteiger partial charge in [-0.3, -0.25) is 4.90 Å². The maximum atomic E-state index is 12.6. The number of aliphatic hydroxyl groups excluding tert-OH is 1. The Morgan fingerprint density at radius 2 is 2.09 bits per heavy atom. The molecule has 5 nitrogen and oxygen atoms in total. The number of nitrogens with zero attached hydrogens (tertiary/aromatic N) is 4. The van der Waals surface area contributed by atoms with Crippen molar-refractivity contribution in [1.29, 1.82) is 0 Å². The molecule has 0 bridgehead atoms. The lowest BCUT2D eigenvalue weighted by Crippen LogP contribution is -2.34. The minimum absolute atomic E-state index is 0.126. The Morgan fingerprint density at radius 3 is 2.65 bits per heavy atom. The van der Waals surface area contributed by atoms with Crippen LogP contribution in [0.2, 0.25) is 0 Å². The molecule has 0 saturated heterocycles. The normalized spacial score (nSPS) is 12.1. The molecule has 0 aliphatic rings. The van der Waals surface area contributed by atoms with Crippen LogP contribution in [0.15, 0.2) is 30.9 Å². The summed E-state index contributed by atoms with van der Waals surface area (Å²) in [6.07, 6.45) is -0.955. The van der Waals surface area contributed by atoms with Gasteiger partial charge in [-0.05, 0) is 30.5 Å². The molecule has 0 aliphatic carbocycles. The van der Waals surface area contributed by atoms with E-state index < -0.39 is 12.7 Å². The van der Waals surface area contributed by atoms with Gasteiger partial charge in [-0.2, -0.15) is 18.3 Å². The first-order chi connectivity index (χ1) is 10.9. The van der Waals surface area contributed by atoms with E-state index in [4.69, 9.17) is 5.11 Å². The van der Waals surface area contributed by atoms with E-state index >= 15 is 0 Å². The van der Waals surface area contributed by atoms with Crippen LogP contribution >= 0.6 is 0 Å². The molecule has 1 heterocycles. The first-order valence-corrected chi connectivity index (χ1v) is 7.23. The van der Waals surface area contributed by atoms with Gasteiger partial charge in [0.05, 0.1) is 12.2 Å². The van der Waals surface area contributed by atoms with Crippen molar-refractivity contribution < 1.29 is 18.3 Å². The summed E-state index contributed by atoms with van der Waals surface area (Å²) >= 11 is 0. The van der Waals surface area contributed by atoms with Gasteiger partial charge in [0.1, 0.15) is 12.7 Å². The van der Waals surface area contributed by atoms with Crippen LogP contribution in [0.4, 0.5) is 13.2 Å². The molecule has 0 fully saturated rings. The molecule has 8 heteroatoms. The maximum Gasteiger partial charge on any atom is 0.401 e. The number of aromatic nitrogens is 3. The Kier molecular flexibility index (Phi) is 5.73. The zero-order chi connectivity index (χ0) is 16.9. The van der Waals surface area contributed by atoms with Crippen molar-refractivity contribution in [2.45, 2.75) is 26.1 Å². The number of hydrogen-bond acceptors (Lipinski definition) is 4. The Balaban J connectivity index is 2.11. The van der Waals surface area contributed by atoms with Crippen molar-refractivity contribution in [2.24, 2.45) is 0 Å². The summed E-state index contributed by atoms with van der Waals surface area (Å²) in [7, 11) is 0. The van der Waals surface area contributed by atoms with Gasteiger partial charge < -0.3 is 5.11 Å². The minimum Gasteiger partial charge on any atom is -0.396 e. The number of hydrogen-bond donors (Lipinski definition) is 1. The fourth-order valence-corrected chi connectivity index (χ4v) is 2.43. The second-order valence-corrected chi connectivity index (χ2v) is 5.36. The van der Waals surface area contributed by atoms with Crippen LogP contribution in [-0.2, 0) is 6.54 Å². The minimum atomic E-state index is -4.26. The summed E-state index contributed by atoms with van der Waals surface area (Å²) in [5, 5.41) is 12.9. The summed E-state index contributed by atoms with van der Waals surface area (Å²) in [5.74, 6) is 0. The van der Waals surface area contributed by atoms with Crippen LogP contribution in [0.1, 0.15) is 17.5 Å². The van der Waals surface area contributed by atoms with Crippen molar-refractivity contribution in [3.8, 4) is 5.69 Å². The molecule has 0 spiro atoms. The van der Waals surface area contributed by atoms with E-state index in [9.17, 15) is 13.2 Å². The van der Waals surface area contributed by atoms with E-state index in [1.165, 1.54) is 11.2 Å². The van der Waals surface area contributed by atoms with Crippen molar-refractivity contribution in [2.75, 3.05) is 19.7 Å². The first-order valence-electron chi connectivity index (χ1n) is 7.23. The van der Waals surface area contributed by atoms with E-state index in [0.29, 0.717) is 6.42 Å². The number of aliphatic hydroxyl groups is 1. The molecule has 0 unspecified atom stereocenters. The van der Waals surface area contributed by atoms with Gasteiger partial charge in [-0.15, -0.1) is 0 Å². The molecule has 0 aliphatic heterocycles.